The van der Waals surface area contributed by atoms with Crippen LogP contribution in [0.15, 0.2) is 29.2 Å². The molecular formula is C7H8OS. The Kier molecular flexibility index (Phi) is 1.60. The second-order valence-electron chi connectivity index (χ2n) is 1.64. The smallest absolute Gasteiger partial charge is 0.118 e. The van der Waals surface area contributed by atoms with Crippen molar-refractivity contribution in [1.29, 1.82) is 0 Å². The van der Waals surface area contributed by atoms with Crippen molar-refractivity contribution in [3.63, 3.8) is 0 Å². The van der Waals surface area contributed by atoms with Gasteiger partial charge in [-0.25, -0.2) is 0 Å². The van der Waals surface area contributed by atoms with Crippen LogP contribution < -0.4 is 4.74 Å². The van der Waals surface area contributed by atoms with Crippen molar-refractivity contribution in [2.45, 2.75) is 4.90 Å². The minimum Gasteiger partial charge on any atom is -0.497 e. The summed E-state index contributed by atoms with van der Waals surface area (Å²) in [7, 11) is -0.0358. The summed E-state index contributed by atoms with van der Waals surface area (Å²) in [6.07, 6.45) is 0. The van der Waals surface area contributed by atoms with Crippen LogP contribution in [0.25, 0.3) is 0 Å². The molecule has 0 heterocycles. The predicted molar refractivity (Wildman–Crippen MR) is 40.2 cm³/mol. The van der Waals surface area contributed by atoms with Gasteiger partial charge in [0.25, 0.3) is 0 Å². The first-order valence-corrected chi connectivity index (χ1v) is 2.98. The maximum absolute atomic E-state index is 6.75. The van der Waals surface area contributed by atoms with Gasteiger partial charge in [0.05, 0.1) is 8.46 Å². The minimum absolute atomic E-state index is 0.0358. The van der Waals surface area contributed by atoms with Crippen molar-refractivity contribution in [2.24, 2.45) is 0 Å². The summed E-state index contributed by atoms with van der Waals surface area (Å²) in [5, 5.41) is 0. The maximum atomic E-state index is 6.75. The lowest BCUT2D eigenvalue weighted by Gasteiger charge is -1.96. The number of ether oxygens (including phenoxy) is 1. The Morgan fingerprint density at radius 2 is 2.11 bits per heavy atom. The van der Waals surface area contributed by atoms with E-state index in [1.165, 1.54) is 0 Å². The Bertz CT molecular complexity index is 197. The lowest BCUT2D eigenvalue weighted by Crippen LogP contribution is -1.79. The zero-order valence-electron chi connectivity index (χ0n) is 5.87. The molecule has 48 valence electrons. The highest BCUT2D eigenvalue weighted by Gasteiger charge is 1.86. The van der Waals surface area contributed by atoms with Gasteiger partial charge < -0.3 is 4.74 Å². The number of rotatable bonds is 1. The van der Waals surface area contributed by atoms with Gasteiger partial charge in [-0.15, -0.1) is 12.6 Å². The van der Waals surface area contributed by atoms with Crippen molar-refractivity contribution in [3.8, 4) is 5.75 Å². The van der Waals surface area contributed by atoms with Gasteiger partial charge in [0.1, 0.15) is 5.75 Å². The summed E-state index contributed by atoms with van der Waals surface area (Å²) in [6, 6.07) is 7.23. The van der Waals surface area contributed by atoms with E-state index in [0.29, 0.717) is 5.75 Å². The molecule has 0 unspecified atom stereocenters. The van der Waals surface area contributed by atoms with E-state index in [0.717, 1.165) is 4.90 Å². The molecule has 0 atom stereocenters. The first kappa shape index (κ1) is 5.18. The van der Waals surface area contributed by atoms with E-state index in [4.69, 9.17) is 6.11 Å². The average Bonchev–Trinajstić information content (AvgIpc) is 1.95. The van der Waals surface area contributed by atoms with Crippen molar-refractivity contribution < 1.29 is 6.11 Å². The highest BCUT2D eigenvalue weighted by Crippen LogP contribution is 2.12. The molecule has 0 N–H and O–H groups in total. The van der Waals surface area contributed by atoms with Gasteiger partial charge in [-0.3, -0.25) is 0 Å². The number of thiol groups is 1. The summed E-state index contributed by atoms with van der Waals surface area (Å²) in [4.78, 5) is 0.900. The van der Waals surface area contributed by atoms with Gasteiger partial charge in [-0.2, -0.15) is 0 Å². The van der Waals surface area contributed by atoms with Crippen LogP contribution in [0.3, 0.4) is 0 Å². The molecule has 1 rings (SSSR count). The molecule has 0 bridgehead atoms. The largest absolute Gasteiger partial charge is 0.497 e. The molecule has 0 amide bonds. The van der Waals surface area contributed by atoms with Crippen LogP contribution >= 0.6 is 12.6 Å². The zero-order chi connectivity index (χ0) is 7.40. The fourth-order valence-electron chi connectivity index (χ4n) is 0.542. The number of methoxy groups -OCH3 is 1. The molecule has 0 saturated heterocycles. The molecule has 0 spiro atoms. The molecule has 1 nitrogen and oxygen atoms in total. The van der Waals surface area contributed by atoms with E-state index < -0.39 is 0 Å². The molecule has 0 saturated carbocycles. The minimum atomic E-state index is -0.0358. The SMILES string of the molecule is [2H]COc1ccc(S)cc1. The Balaban J connectivity index is 2.69. The van der Waals surface area contributed by atoms with Gasteiger partial charge in [0.2, 0.25) is 0 Å². The lowest BCUT2D eigenvalue weighted by molar-refractivity contribution is 0.414. The zero-order valence-corrected chi connectivity index (χ0v) is 5.77. The van der Waals surface area contributed by atoms with E-state index in [-0.39, 0.29) is 7.09 Å². The Morgan fingerprint density at radius 1 is 1.44 bits per heavy atom. The van der Waals surface area contributed by atoms with Gasteiger partial charge >= 0.3 is 0 Å². The summed E-state index contributed by atoms with van der Waals surface area (Å²) < 4.78 is 11.6. The summed E-state index contributed by atoms with van der Waals surface area (Å²) in [5.41, 5.74) is 0. The Labute approximate surface area is 61.5 Å². The molecule has 0 radical (unpaired) electrons. The van der Waals surface area contributed by atoms with Crippen LogP contribution in [0, 0.1) is 0 Å². The van der Waals surface area contributed by atoms with Crippen molar-refractivity contribution in [1.82, 2.24) is 0 Å². The molecule has 1 aromatic carbocycles. The van der Waals surface area contributed by atoms with Gasteiger partial charge in [0, 0.05) is 4.90 Å². The van der Waals surface area contributed by atoms with Crippen LogP contribution in [0.1, 0.15) is 1.37 Å². The molecule has 0 aliphatic heterocycles. The van der Waals surface area contributed by atoms with Crippen molar-refractivity contribution in [2.75, 3.05) is 7.09 Å². The average molecular weight is 141 g/mol. The monoisotopic (exact) mass is 141 g/mol. The van der Waals surface area contributed by atoms with Crippen molar-refractivity contribution >= 4 is 12.6 Å². The second kappa shape index (κ2) is 2.78. The number of hydrogen-bond donors (Lipinski definition) is 1. The Hall–Kier alpha value is -0.630. The van der Waals surface area contributed by atoms with E-state index in [1.807, 2.05) is 12.1 Å². The van der Waals surface area contributed by atoms with Crippen LogP contribution in [-0.2, 0) is 0 Å². The Morgan fingerprint density at radius 3 is 2.67 bits per heavy atom. The fraction of sp³-hybridized carbons (Fsp3) is 0.143. The molecular weight excluding hydrogens is 132 g/mol. The maximum Gasteiger partial charge on any atom is 0.118 e. The molecule has 0 aromatic heterocycles. The van der Waals surface area contributed by atoms with Crippen LogP contribution in [0.5, 0.6) is 5.75 Å². The van der Waals surface area contributed by atoms with E-state index in [2.05, 4.69) is 12.6 Å². The molecule has 9 heavy (non-hydrogen) atoms. The first-order chi connectivity index (χ1) is 4.83. The predicted octanol–water partition coefficient (Wildman–Crippen LogP) is 1.98. The first-order valence-electron chi connectivity index (χ1n) is 3.24. The fourth-order valence-corrected chi connectivity index (χ4v) is 0.691. The third-order valence-corrected chi connectivity index (χ3v) is 1.30. The normalized spacial score (nSPS) is 10.6. The molecule has 0 aliphatic rings. The van der Waals surface area contributed by atoms with E-state index in [9.17, 15) is 0 Å². The molecule has 1 aromatic rings. The molecule has 0 aliphatic carbocycles. The van der Waals surface area contributed by atoms with Gasteiger partial charge in [0.15, 0.2) is 0 Å². The molecule has 2 heteroatoms. The van der Waals surface area contributed by atoms with E-state index >= 15 is 0 Å². The van der Waals surface area contributed by atoms with E-state index in [1.54, 1.807) is 12.1 Å². The quantitative estimate of drug-likeness (QED) is 0.588. The van der Waals surface area contributed by atoms with Crippen LogP contribution in [-0.4, -0.2) is 7.09 Å². The lowest BCUT2D eigenvalue weighted by atomic mass is 10.3. The highest BCUT2D eigenvalue weighted by molar-refractivity contribution is 7.80. The summed E-state index contributed by atoms with van der Waals surface area (Å²) >= 11 is 4.10. The summed E-state index contributed by atoms with van der Waals surface area (Å²) in [6.45, 7) is 0. The standard InChI is InChI=1S/C7H8OS/c1-8-6-2-4-7(9)5-3-6/h2-5,9H,1H3/i1D. The van der Waals surface area contributed by atoms with Gasteiger partial charge in [-0.05, 0) is 24.3 Å². The van der Waals surface area contributed by atoms with Crippen LogP contribution in [0.4, 0.5) is 0 Å². The summed E-state index contributed by atoms with van der Waals surface area (Å²) in [5.74, 6) is 0.716. The van der Waals surface area contributed by atoms with Crippen molar-refractivity contribution in [3.05, 3.63) is 24.3 Å². The molecule has 0 fully saturated rings. The topological polar surface area (TPSA) is 9.23 Å². The third kappa shape index (κ3) is 1.64. The highest BCUT2D eigenvalue weighted by atomic mass is 32.1. The second-order valence-corrected chi connectivity index (χ2v) is 2.15. The third-order valence-electron chi connectivity index (χ3n) is 1.00. The van der Waals surface area contributed by atoms with Gasteiger partial charge in [-0.1, -0.05) is 0 Å². The number of benzene rings is 1. The van der Waals surface area contributed by atoms with Crippen LogP contribution in [0.2, 0.25) is 0 Å². The number of hydrogen-bond acceptors (Lipinski definition) is 2.